The van der Waals surface area contributed by atoms with E-state index in [-0.39, 0.29) is 5.69 Å². The summed E-state index contributed by atoms with van der Waals surface area (Å²) in [4.78, 5) is 14.9. The number of benzene rings is 1. The Morgan fingerprint density at radius 1 is 1.12 bits per heavy atom. The molecule has 0 saturated carbocycles. The lowest BCUT2D eigenvalue weighted by molar-refractivity contribution is 0.0995. The van der Waals surface area contributed by atoms with Gasteiger partial charge in [-0.2, -0.15) is 0 Å². The number of nitrogens with zero attached hydrogens (tertiary/aromatic N) is 1. The molecular formula is C12H9ClN2O. The van der Waals surface area contributed by atoms with Gasteiger partial charge in [0.1, 0.15) is 5.69 Å². The minimum Gasteiger partial charge on any atom is -0.364 e. The van der Waals surface area contributed by atoms with Gasteiger partial charge in [-0.25, -0.2) is 0 Å². The van der Waals surface area contributed by atoms with Crippen LogP contribution in [-0.4, -0.2) is 10.9 Å². The molecule has 0 bridgehead atoms. The number of carbonyl (C=O) groups excluding carboxylic acids is 1. The van der Waals surface area contributed by atoms with Crippen LogP contribution in [0, 0.1) is 0 Å². The van der Waals surface area contributed by atoms with Crippen molar-refractivity contribution in [1.29, 1.82) is 0 Å². The Hall–Kier alpha value is -1.87. The highest BCUT2D eigenvalue weighted by Gasteiger charge is 2.04. The van der Waals surface area contributed by atoms with Crippen molar-refractivity contribution in [1.82, 2.24) is 4.98 Å². The summed E-state index contributed by atoms with van der Waals surface area (Å²) < 4.78 is 0. The van der Waals surface area contributed by atoms with Crippen molar-refractivity contribution in [2.24, 2.45) is 5.73 Å². The molecule has 0 spiro atoms. The van der Waals surface area contributed by atoms with Crippen LogP contribution < -0.4 is 5.73 Å². The first kappa shape index (κ1) is 10.6. The lowest BCUT2D eigenvalue weighted by atomic mass is 10.1. The fraction of sp³-hybridized carbons (Fsp3) is 0. The topological polar surface area (TPSA) is 56.0 Å². The van der Waals surface area contributed by atoms with Crippen molar-refractivity contribution in [3.8, 4) is 11.1 Å². The molecule has 0 unspecified atom stereocenters. The third-order valence-corrected chi connectivity index (χ3v) is 2.44. The molecule has 16 heavy (non-hydrogen) atoms. The second-order valence-corrected chi connectivity index (χ2v) is 3.74. The summed E-state index contributed by atoms with van der Waals surface area (Å²) in [7, 11) is 0. The van der Waals surface area contributed by atoms with Crippen molar-refractivity contribution < 1.29 is 4.79 Å². The summed E-state index contributed by atoms with van der Waals surface area (Å²) >= 11 is 5.79. The predicted molar refractivity (Wildman–Crippen MR) is 63.2 cm³/mol. The van der Waals surface area contributed by atoms with Gasteiger partial charge in [-0.1, -0.05) is 23.7 Å². The first-order chi connectivity index (χ1) is 7.66. The highest BCUT2D eigenvalue weighted by molar-refractivity contribution is 6.30. The van der Waals surface area contributed by atoms with Crippen molar-refractivity contribution in [2.45, 2.75) is 0 Å². The summed E-state index contributed by atoms with van der Waals surface area (Å²) in [6.45, 7) is 0. The maximum Gasteiger partial charge on any atom is 0.267 e. The van der Waals surface area contributed by atoms with Gasteiger partial charge in [0.15, 0.2) is 0 Å². The number of aromatic nitrogens is 1. The van der Waals surface area contributed by atoms with Crippen LogP contribution in [0.3, 0.4) is 0 Å². The fourth-order valence-electron chi connectivity index (χ4n) is 1.39. The van der Waals surface area contributed by atoms with Gasteiger partial charge in [0, 0.05) is 11.2 Å². The summed E-state index contributed by atoms with van der Waals surface area (Å²) in [5.41, 5.74) is 7.28. The lowest BCUT2D eigenvalue weighted by Crippen LogP contribution is -2.12. The van der Waals surface area contributed by atoms with E-state index in [9.17, 15) is 4.79 Å². The Morgan fingerprint density at radius 2 is 1.81 bits per heavy atom. The average molecular weight is 233 g/mol. The Kier molecular flexibility index (Phi) is 2.88. The molecule has 0 aliphatic rings. The molecule has 4 heteroatoms. The Balaban J connectivity index is 2.44. The number of hydrogen-bond donors (Lipinski definition) is 1. The van der Waals surface area contributed by atoms with E-state index in [4.69, 9.17) is 17.3 Å². The van der Waals surface area contributed by atoms with Gasteiger partial charge in [-0.15, -0.1) is 0 Å². The molecule has 1 heterocycles. The van der Waals surface area contributed by atoms with Gasteiger partial charge in [0.2, 0.25) is 0 Å². The number of pyridine rings is 1. The Labute approximate surface area is 97.9 Å². The molecule has 0 aliphatic carbocycles. The predicted octanol–water partition coefficient (Wildman–Crippen LogP) is 2.50. The highest BCUT2D eigenvalue weighted by Crippen LogP contribution is 2.21. The zero-order valence-corrected chi connectivity index (χ0v) is 9.11. The van der Waals surface area contributed by atoms with E-state index in [0.717, 1.165) is 11.1 Å². The van der Waals surface area contributed by atoms with Crippen molar-refractivity contribution >= 4 is 17.5 Å². The van der Waals surface area contributed by atoms with Crippen LogP contribution in [0.4, 0.5) is 0 Å². The van der Waals surface area contributed by atoms with E-state index in [2.05, 4.69) is 4.98 Å². The molecule has 80 valence electrons. The van der Waals surface area contributed by atoms with Crippen LogP contribution in [0.1, 0.15) is 10.5 Å². The largest absolute Gasteiger partial charge is 0.364 e. The van der Waals surface area contributed by atoms with Gasteiger partial charge < -0.3 is 5.73 Å². The number of hydrogen-bond acceptors (Lipinski definition) is 2. The molecule has 0 saturated heterocycles. The average Bonchev–Trinajstić information content (AvgIpc) is 2.30. The zero-order valence-electron chi connectivity index (χ0n) is 8.35. The number of carbonyl (C=O) groups is 1. The van der Waals surface area contributed by atoms with Crippen molar-refractivity contribution in [2.75, 3.05) is 0 Å². The standard InChI is InChI=1S/C12H9ClN2O/c13-10-3-1-8(2-4-10)9-5-6-15-11(7-9)12(14)16/h1-7H,(H2,14,16). The number of amides is 1. The molecule has 1 aromatic heterocycles. The van der Waals surface area contributed by atoms with E-state index < -0.39 is 5.91 Å². The minimum absolute atomic E-state index is 0.257. The number of primary amides is 1. The molecule has 2 rings (SSSR count). The van der Waals surface area contributed by atoms with Gasteiger partial charge in [-0.3, -0.25) is 9.78 Å². The van der Waals surface area contributed by atoms with Gasteiger partial charge in [0.05, 0.1) is 0 Å². The molecule has 0 atom stereocenters. The van der Waals surface area contributed by atoms with Gasteiger partial charge in [-0.05, 0) is 35.4 Å². The maximum absolute atomic E-state index is 11.0. The molecule has 3 nitrogen and oxygen atoms in total. The molecule has 0 radical (unpaired) electrons. The fourth-order valence-corrected chi connectivity index (χ4v) is 1.51. The first-order valence-corrected chi connectivity index (χ1v) is 5.06. The number of nitrogens with two attached hydrogens (primary N) is 1. The van der Waals surface area contributed by atoms with E-state index in [1.807, 2.05) is 18.2 Å². The van der Waals surface area contributed by atoms with Crippen LogP contribution >= 0.6 is 11.6 Å². The molecule has 1 amide bonds. The zero-order chi connectivity index (χ0) is 11.5. The summed E-state index contributed by atoms with van der Waals surface area (Å²) in [5, 5.41) is 0.674. The summed E-state index contributed by atoms with van der Waals surface area (Å²) in [5.74, 6) is -0.532. The number of halogens is 1. The van der Waals surface area contributed by atoms with Crippen LogP contribution in [0.2, 0.25) is 5.02 Å². The highest BCUT2D eigenvalue weighted by atomic mass is 35.5. The number of rotatable bonds is 2. The molecule has 0 fully saturated rings. The van der Waals surface area contributed by atoms with Crippen molar-refractivity contribution in [3.05, 3.63) is 53.3 Å². The third-order valence-electron chi connectivity index (χ3n) is 2.19. The van der Waals surface area contributed by atoms with E-state index in [1.54, 1.807) is 24.4 Å². The Bertz CT molecular complexity index is 523. The van der Waals surface area contributed by atoms with Crippen LogP contribution in [0.5, 0.6) is 0 Å². The molecule has 1 aromatic carbocycles. The molecule has 2 N–H and O–H groups in total. The van der Waals surface area contributed by atoms with E-state index >= 15 is 0 Å². The molecule has 0 aliphatic heterocycles. The summed E-state index contributed by atoms with van der Waals surface area (Å²) in [6, 6.07) is 10.8. The Morgan fingerprint density at radius 3 is 2.44 bits per heavy atom. The smallest absolute Gasteiger partial charge is 0.267 e. The third kappa shape index (κ3) is 2.20. The first-order valence-electron chi connectivity index (χ1n) is 4.68. The maximum atomic E-state index is 11.0. The lowest BCUT2D eigenvalue weighted by Gasteiger charge is -2.02. The van der Waals surface area contributed by atoms with Crippen LogP contribution in [0.25, 0.3) is 11.1 Å². The normalized spacial score (nSPS) is 10.1. The quantitative estimate of drug-likeness (QED) is 0.865. The van der Waals surface area contributed by atoms with Gasteiger partial charge >= 0.3 is 0 Å². The van der Waals surface area contributed by atoms with Crippen LogP contribution in [-0.2, 0) is 0 Å². The van der Waals surface area contributed by atoms with Crippen molar-refractivity contribution in [3.63, 3.8) is 0 Å². The molecule has 2 aromatic rings. The second-order valence-electron chi connectivity index (χ2n) is 3.30. The van der Waals surface area contributed by atoms with Gasteiger partial charge in [0.25, 0.3) is 5.91 Å². The molecular weight excluding hydrogens is 224 g/mol. The second kappa shape index (κ2) is 4.33. The summed E-state index contributed by atoms with van der Waals surface area (Å²) in [6.07, 6.45) is 1.56. The minimum atomic E-state index is -0.532. The van der Waals surface area contributed by atoms with E-state index in [1.165, 1.54) is 0 Å². The van der Waals surface area contributed by atoms with Crippen LogP contribution in [0.15, 0.2) is 42.6 Å². The monoisotopic (exact) mass is 232 g/mol. The SMILES string of the molecule is NC(=O)c1cc(-c2ccc(Cl)cc2)ccn1. The van der Waals surface area contributed by atoms with E-state index in [0.29, 0.717) is 5.02 Å².